The van der Waals surface area contributed by atoms with Crippen molar-refractivity contribution in [2.45, 2.75) is 393 Å². The molecular formula is C98H158N12O37. The third kappa shape index (κ3) is 34.7. The van der Waals surface area contributed by atoms with E-state index in [1.165, 1.54) is 35.6 Å². The van der Waals surface area contributed by atoms with Crippen LogP contribution in [0.3, 0.4) is 0 Å². The first-order chi connectivity index (χ1) is 70.8. The number of hydrogen-bond donors (Lipinski definition) is 16. The second-order valence-corrected chi connectivity index (χ2v) is 40.6. The summed E-state index contributed by atoms with van der Waals surface area (Å²) in [4.78, 5) is 137. The van der Waals surface area contributed by atoms with Gasteiger partial charge in [0.05, 0.1) is 141 Å². The largest absolute Gasteiger partial charge is 0.481 e. The molecular weight excluding hydrogens is 1940 g/mol. The van der Waals surface area contributed by atoms with Crippen LogP contribution in [-0.4, -0.2) is 425 Å². The Bertz CT molecular complexity index is 4130. The van der Waals surface area contributed by atoms with E-state index in [0.29, 0.717) is 63.3 Å². The number of rotatable bonds is 60. The number of carbonyl (C=O) groups excluding carboxylic acids is 8. The first-order valence-corrected chi connectivity index (χ1v) is 52.8. The highest BCUT2D eigenvalue weighted by atomic mass is 16.8. The average molecular weight is 2100 g/mol. The van der Waals surface area contributed by atoms with Crippen LogP contribution < -0.4 is 21.3 Å². The lowest BCUT2D eigenvalue weighted by molar-refractivity contribution is -0.338. The first kappa shape index (κ1) is 118. The molecule has 2 aromatic heterocycles. The summed E-state index contributed by atoms with van der Waals surface area (Å²) in [7, 11) is 0. The van der Waals surface area contributed by atoms with Gasteiger partial charge in [0.2, 0.25) is 23.6 Å². The summed E-state index contributed by atoms with van der Waals surface area (Å²) in [6.45, 7) is 7.72. The Morgan fingerprint density at radius 2 is 0.782 bits per heavy atom. The highest BCUT2D eigenvalue weighted by Crippen LogP contribution is 2.45. The van der Waals surface area contributed by atoms with Gasteiger partial charge < -0.3 is 163 Å². The van der Waals surface area contributed by atoms with Crippen LogP contribution in [0.4, 0.5) is 0 Å². The molecule has 6 aliphatic heterocycles. The minimum absolute atomic E-state index is 0.000724. The standard InChI is InChI=1S/C98H158N12O37/c1-5-59-43-61(65(113)21-13-27-99-73(115)23-25-77(119)120)45-67(89(59)146-97-87(129)85(127)81(123)55(3)138-97)142-95-79(91(83(125)71(51-111)144-95)140-69(93(131)107-29-15-30-107)41-57-17-9-7-10-18-57)101-75(117)49-109-47-63(103-105-109)53-136-39-37-134-35-33-133-34-36-135-38-40-137-54-64-48-110(106-104-64)50-76(118)102-80-92(141-70(94(132)108-31-16-32-108)42-58-19-11-8-12-20-58)84(126)72(52-112)145-96(80)143-68-46-62(66(114)22-14-28-100-74(116)24-26-78(121)122)44-60(6-2)90(68)147-98-88(130)86(128)82(124)56(4)139-98/h47-48,55-62,67-72,79-92,95-98,111-112,123-130H,5-46,49-54H2,1-4H3,(H,99,115)(H,100,116)(H,101,117)(H,102,118)(H,119,120)(H,121,122)/t55?,56?,59?,60?,61?,62?,67-,68-,69+,70+,71+,72+,79?,80?,81-,82-,83+,84+,85+,86+,87?,88?,89-,90-,91?,92?,95-,96-,97+,98+/m1/s1. The minimum atomic E-state index is -1.75. The van der Waals surface area contributed by atoms with Crippen LogP contribution in [0.1, 0.15) is 219 Å². The molecule has 49 heteroatoms. The molecule has 147 heavy (non-hydrogen) atoms. The monoisotopic (exact) mass is 2100 g/mol. The zero-order valence-electron chi connectivity index (χ0n) is 84.7. The molecule has 6 amide bonds. The van der Waals surface area contributed by atoms with Crippen LogP contribution >= 0.6 is 0 Å². The van der Waals surface area contributed by atoms with Crippen molar-refractivity contribution in [1.82, 2.24) is 61.1 Å². The van der Waals surface area contributed by atoms with Gasteiger partial charge in [0.15, 0.2) is 25.2 Å². The van der Waals surface area contributed by atoms with Crippen molar-refractivity contribution in [3.05, 3.63) is 23.8 Å². The van der Waals surface area contributed by atoms with Gasteiger partial charge in [-0.3, -0.25) is 47.9 Å². The number of ether oxygens (including phenoxy) is 15. The Balaban J connectivity index is 0.616. The summed E-state index contributed by atoms with van der Waals surface area (Å²) in [5.74, 6) is -7.96. The molecule has 49 nitrogen and oxygen atoms in total. The van der Waals surface area contributed by atoms with E-state index < -0.39 is 245 Å². The number of aliphatic hydroxyl groups is 10. The van der Waals surface area contributed by atoms with Crippen molar-refractivity contribution in [2.24, 2.45) is 35.5 Å². The van der Waals surface area contributed by atoms with E-state index in [4.69, 9.17) is 81.3 Å². The molecule has 4 aliphatic carbocycles. The van der Waals surface area contributed by atoms with Gasteiger partial charge in [0.25, 0.3) is 11.8 Å². The molecule has 12 unspecified atom stereocenters. The number of hydrogen-bond acceptors (Lipinski definition) is 39. The maximum Gasteiger partial charge on any atom is 0.303 e. The van der Waals surface area contributed by atoms with Gasteiger partial charge in [-0.25, -0.2) is 9.36 Å². The molecule has 0 radical (unpaired) electrons. The van der Waals surface area contributed by atoms with Gasteiger partial charge in [-0.15, -0.1) is 10.2 Å². The van der Waals surface area contributed by atoms with Crippen LogP contribution in [0.25, 0.3) is 0 Å². The lowest BCUT2D eigenvalue weighted by Gasteiger charge is -2.49. The lowest BCUT2D eigenvalue weighted by atomic mass is 9.74. The molecule has 16 N–H and O–H groups in total. The molecule has 10 fully saturated rings. The third-order valence-electron chi connectivity index (χ3n) is 29.8. The van der Waals surface area contributed by atoms with Crippen LogP contribution in [-0.2, 0) is 145 Å². The number of likely N-dealkylation sites (tertiary alicyclic amines) is 2. The van der Waals surface area contributed by atoms with Gasteiger partial charge in [-0.2, -0.15) is 0 Å². The molecule has 832 valence electrons. The SMILES string of the molecule is CCC1CC(C(=O)CCCNC(=O)CCC(=O)O)C[C@@H](O[C@@H]2O[C@@H](CO)[C@H](O)C(O[C@@H](CC3CCCCC3)C(=O)N3CCC3)C2NC(=O)Cn2cc(COCCOCCOCCOCCOCc3cn(CC(=O)NC4C(O[C@@H](CC5CCCCC5)C(=O)N5CCC5)[C@@H](O)[C@H](CO)O[C@H]4O[C@@H]4CC(C(=O)CCCNC(=O)CCC(=O)O)CC(CC)[C@H]4O[C@@H]4OC(C)[C@@H](O)[C@H](O)C4O)nn3)nn2)[C@@H]1O[C@@H]1OC(C)[C@@H](O)[C@H](O)C1O. The van der Waals surface area contributed by atoms with Crippen molar-refractivity contribution in [1.29, 1.82) is 0 Å². The van der Waals surface area contributed by atoms with Crippen molar-refractivity contribution >= 4 is 58.9 Å². The number of carbonyl (C=O) groups is 10. The average Bonchev–Trinajstić information content (AvgIpc) is 1.07. The number of carboxylic acid groups (broad SMARTS) is 2. The second kappa shape index (κ2) is 59.6. The molecule has 30 atom stereocenters. The number of aromatic nitrogens is 6. The molecule has 2 aromatic rings. The number of nitrogens with zero attached hydrogens (tertiary/aromatic N) is 8. The summed E-state index contributed by atoms with van der Waals surface area (Å²) in [6, 6.07) is -2.93. The summed E-state index contributed by atoms with van der Waals surface area (Å²) in [5.41, 5.74) is 0.690. The van der Waals surface area contributed by atoms with Gasteiger partial charge >= 0.3 is 11.9 Å². The van der Waals surface area contributed by atoms with Gasteiger partial charge in [0, 0.05) is 76.8 Å². The zero-order valence-corrected chi connectivity index (χ0v) is 84.7. The number of ketones is 2. The molecule has 12 rings (SSSR count). The van der Waals surface area contributed by atoms with E-state index in [2.05, 4.69) is 41.9 Å². The van der Waals surface area contributed by atoms with E-state index in [1.54, 1.807) is 9.80 Å². The van der Waals surface area contributed by atoms with Crippen LogP contribution in [0.5, 0.6) is 0 Å². The van der Waals surface area contributed by atoms with Crippen molar-refractivity contribution in [3.63, 3.8) is 0 Å². The molecule has 0 spiro atoms. The minimum Gasteiger partial charge on any atom is -0.481 e. The molecule has 0 bridgehead atoms. The number of Topliss-reactive ketones (excluding diaryl/α,β-unsaturated/α-hetero) is 2. The van der Waals surface area contributed by atoms with E-state index >= 15 is 0 Å². The fourth-order valence-electron chi connectivity index (χ4n) is 21.1. The molecule has 10 aliphatic rings. The van der Waals surface area contributed by atoms with E-state index in [9.17, 15) is 99.0 Å². The molecule has 0 aromatic carbocycles. The Kier molecular flexibility index (Phi) is 47.8. The zero-order chi connectivity index (χ0) is 105. The summed E-state index contributed by atoms with van der Waals surface area (Å²) in [6.07, 6.45) is -19.3. The summed E-state index contributed by atoms with van der Waals surface area (Å²) < 4.78 is 97.0. The second-order valence-electron chi connectivity index (χ2n) is 40.6. The fraction of sp³-hybridized carbons (Fsp3) is 0.857. The Labute approximate surface area is 854 Å². The molecule has 4 saturated carbocycles. The van der Waals surface area contributed by atoms with Gasteiger partial charge in [0.1, 0.15) is 134 Å². The number of nitrogens with one attached hydrogen (secondary N) is 4. The number of amides is 6. The van der Waals surface area contributed by atoms with E-state index in [0.717, 1.165) is 77.0 Å². The van der Waals surface area contributed by atoms with E-state index in [-0.39, 0.29) is 191 Å². The maximum atomic E-state index is 14.7. The fourth-order valence-corrected chi connectivity index (χ4v) is 21.1. The first-order valence-electron chi connectivity index (χ1n) is 52.8. The van der Waals surface area contributed by atoms with E-state index in [1.807, 2.05) is 13.8 Å². The van der Waals surface area contributed by atoms with Gasteiger partial charge in [-0.05, 0) is 102 Å². The normalized spacial score (nSPS) is 32.3. The van der Waals surface area contributed by atoms with Crippen molar-refractivity contribution in [2.75, 3.05) is 105 Å². The Morgan fingerprint density at radius 1 is 0.415 bits per heavy atom. The number of carboxylic acids is 2. The number of aliphatic carboxylic acids is 2. The molecule has 6 saturated heterocycles. The van der Waals surface area contributed by atoms with Crippen molar-refractivity contribution in [3.8, 4) is 0 Å². The summed E-state index contributed by atoms with van der Waals surface area (Å²) >= 11 is 0. The Hall–Kier alpha value is -7.62. The van der Waals surface area contributed by atoms with Crippen molar-refractivity contribution < 1.29 is 180 Å². The predicted octanol–water partition coefficient (Wildman–Crippen LogP) is -1.58. The van der Waals surface area contributed by atoms with Crippen LogP contribution in [0, 0.1) is 35.5 Å². The summed E-state index contributed by atoms with van der Waals surface area (Å²) in [5, 5.41) is 159. The van der Waals surface area contributed by atoms with Gasteiger partial charge in [-0.1, -0.05) is 101 Å². The van der Waals surface area contributed by atoms with Crippen LogP contribution in [0.15, 0.2) is 12.4 Å². The maximum absolute atomic E-state index is 14.7. The smallest absolute Gasteiger partial charge is 0.303 e. The highest BCUT2D eigenvalue weighted by molar-refractivity contribution is 5.84. The van der Waals surface area contributed by atoms with Crippen LogP contribution in [0.2, 0.25) is 0 Å². The Morgan fingerprint density at radius 3 is 1.12 bits per heavy atom. The quantitative estimate of drug-likeness (QED) is 0.0332. The predicted molar refractivity (Wildman–Crippen MR) is 507 cm³/mol. The topological polar surface area (TPSA) is 668 Å². The lowest BCUT2D eigenvalue weighted by Crippen LogP contribution is -2.68. The number of aliphatic hydroxyl groups excluding tert-OH is 10. The molecule has 8 heterocycles. The third-order valence-corrected chi connectivity index (χ3v) is 29.8. The highest BCUT2D eigenvalue weighted by Gasteiger charge is 2.57.